The van der Waals surface area contributed by atoms with E-state index in [1.807, 2.05) is 56.3 Å². The highest BCUT2D eigenvalue weighted by atomic mass is 79.9. The Balaban J connectivity index is 0.000000380. The summed E-state index contributed by atoms with van der Waals surface area (Å²) in [5.74, 6) is 2.87. The normalized spacial score (nSPS) is 10.2. The molecule has 0 unspecified atom stereocenters. The summed E-state index contributed by atoms with van der Waals surface area (Å²) in [6.07, 6.45) is 0. The van der Waals surface area contributed by atoms with E-state index in [1.54, 1.807) is 42.5 Å². The highest BCUT2D eigenvalue weighted by Gasteiger charge is 2.05. The first-order valence-corrected chi connectivity index (χ1v) is 16.0. The van der Waals surface area contributed by atoms with Crippen LogP contribution in [0.1, 0.15) is 26.4 Å². The quantitative estimate of drug-likeness (QED) is 0.0877. The van der Waals surface area contributed by atoms with Crippen molar-refractivity contribution in [2.75, 3.05) is 26.1 Å². The zero-order valence-corrected chi connectivity index (χ0v) is 29.1. The molecular weight excluding hydrogens is 747 g/mol. The van der Waals surface area contributed by atoms with Crippen LogP contribution in [0.5, 0.6) is 23.0 Å². The molecule has 0 amide bonds. The Morgan fingerprint density at radius 2 is 1.07 bits per heavy atom. The van der Waals surface area contributed by atoms with Crippen molar-refractivity contribution >= 4 is 66.7 Å². The summed E-state index contributed by atoms with van der Waals surface area (Å²) < 4.78 is 28.5. The molecule has 0 fully saturated rings. The van der Waals surface area contributed by atoms with Gasteiger partial charge in [0.25, 0.3) is 0 Å². The van der Waals surface area contributed by atoms with Crippen molar-refractivity contribution in [3.05, 3.63) is 115 Å². The molecule has 234 valence electrons. The van der Waals surface area contributed by atoms with Crippen LogP contribution in [-0.2, 0) is 27.4 Å². The lowest BCUT2D eigenvalue weighted by Crippen LogP contribution is -2.00. The van der Waals surface area contributed by atoms with Crippen molar-refractivity contribution in [2.45, 2.75) is 27.1 Å². The first kappa shape index (κ1) is 37.3. The molecular formula is C32H35Br2Cl3O6. The second kappa shape index (κ2) is 21.8. The predicted molar refractivity (Wildman–Crippen MR) is 183 cm³/mol. The molecule has 0 aromatic heterocycles. The van der Waals surface area contributed by atoms with Crippen molar-refractivity contribution in [2.24, 2.45) is 0 Å². The second-order valence-corrected chi connectivity index (χ2v) is 11.1. The number of benzene rings is 4. The molecule has 1 N–H and O–H groups in total. The maximum absolute atomic E-state index is 9.14. The summed E-state index contributed by atoms with van der Waals surface area (Å²) in [6.45, 7) is 5.90. The highest BCUT2D eigenvalue weighted by Crippen LogP contribution is 2.29. The van der Waals surface area contributed by atoms with E-state index in [1.165, 1.54) is 0 Å². The van der Waals surface area contributed by atoms with Gasteiger partial charge >= 0.3 is 0 Å². The van der Waals surface area contributed by atoms with Gasteiger partial charge in [0.05, 0.1) is 13.2 Å². The second-order valence-electron chi connectivity index (χ2n) is 8.34. The molecule has 0 saturated carbocycles. The van der Waals surface area contributed by atoms with Crippen LogP contribution in [0.2, 0.25) is 10.0 Å². The minimum Gasteiger partial charge on any atom is -0.457 e. The number of hydrogen-bond donors (Lipinski definition) is 1. The molecule has 4 aromatic carbocycles. The van der Waals surface area contributed by atoms with Gasteiger partial charge in [-0.25, -0.2) is 0 Å². The maximum Gasteiger partial charge on any atom is 0.147 e. The number of aliphatic hydroxyl groups excluding tert-OH is 1. The van der Waals surface area contributed by atoms with Crippen molar-refractivity contribution in [1.29, 1.82) is 0 Å². The Kier molecular flexibility index (Phi) is 18.9. The molecule has 6 nitrogen and oxygen atoms in total. The lowest BCUT2D eigenvalue weighted by atomic mass is 10.2. The zero-order valence-electron chi connectivity index (χ0n) is 23.7. The third-order valence-electron chi connectivity index (χ3n) is 5.21. The fourth-order valence-electron chi connectivity index (χ4n) is 3.11. The van der Waals surface area contributed by atoms with Crippen molar-refractivity contribution < 1.29 is 30.2 Å². The SMILES string of the molecule is CCOCCl.CCOCOCc1cc(Oc2ccc(Cl)cc2)ccc1Br.OCc1cc(Oc2ccc(Cl)cc2)ccc1Br.[HH]. The van der Waals surface area contributed by atoms with Gasteiger partial charge in [-0.3, -0.25) is 0 Å². The Labute approximate surface area is 286 Å². The molecule has 4 rings (SSSR count). The molecule has 43 heavy (non-hydrogen) atoms. The summed E-state index contributed by atoms with van der Waals surface area (Å²) >= 11 is 23.6. The Bertz CT molecular complexity index is 1350. The molecule has 11 heteroatoms. The number of hydrogen-bond acceptors (Lipinski definition) is 6. The predicted octanol–water partition coefficient (Wildman–Crippen LogP) is 11.3. The van der Waals surface area contributed by atoms with E-state index >= 15 is 0 Å². The Morgan fingerprint density at radius 3 is 1.49 bits per heavy atom. The molecule has 0 aliphatic heterocycles. The van der Waals surface area contributed by atoms with E-state index < -0.39 is 0 Å². The molecule has 0 saturated heterocycles. The van der Waals surface area contributed by atoms with Crippen LogP contribution >= 0.6 is 66.7 Å². The lowest BCUT2D eigenvalue weighted by Gasteiger charge is -2.10. The van der Waals surface area contributed by atoms with Crippen molar-refractivity contribution in [3.8, 4) is 23.0 Å². The first-order chi connectivity index (χ1) is 20.8. The van der Waals surface area contributed by atoms with Crippen molar-refractivity contribution in [1.82, 2.24) is 0 Å². The van der Waals surface area contributed by atoms with E-state index in [2.05, 4.69) is 36.6 Å². The number of ether oxygens (including phenoxy) is 5. The molecule has 0 radical (unpaired) electrons. The van der Waals surface area contributed by atoms with Gasteiger partial charge in [0, 0.05) is 33.6 Å². The van der Waals surface area contributed by atoms with Crippen LogP contribution in [0, 0.1) is 0 Å². The molecule has 0 bridgehead atoms. The van der Waals surface area contributed by atoms with E-state index in [4.69, 9.17) is 58.9 Å². The molecule has 0 atom stereocenters. The van der Waals surface area contributed by atoms with Gasteiger partial charge in [-0.15, -0.1) is 0 Å². The zero-order chi connectivity index (χ0) is 31.5. The third kappa shape index (κ3) is 15.1. The van der Waals surface area contributed by atoms with Gasteiger partial charge in [0.15, 0.2) is 0 Å². The number of rotatable bonds is 12. The summed E-state index contributed by atoms with van der Waals surface area (Å²) in [5, 5.41) is 10.5. The van der Waals surface area contributed by atoms with Gasteiger partial charge < -0.3 is 28.8 Å². The largest absolute Gasteiger partial charge is 0.457 e. The minimum atomic E-state index is -0.0294. The first-order valence-electron chi connectivity index (χ1n) is 13.1. The average molecular weight is 782 g/mol. The fourth-order valence-corrected chi connectivity index (χ4v) is 4.25. The van der Waals surface area contributed by atoms with Gasteiger partial charge in [-0.1, -0.05) is 66.7 Å². The lowest BCUT2D eigenvalue weighted by molar-refractivity contribution is -0.0573. The van der Waals surface area contributed by atoms with Gasteiger partial charge in [-0.05, 0) is 110 Å². The monoisotopic (exact) mass is 778 g/mol. The fraction of sp³-hybridized carbons (Fsp3) is 0.250. The smallest absolute Gasteiger partial charge is 0.147 e. The van der Waals surface area contributed by atoms with Crippen LogP contribution < -0.4 is 9.47 Å². The van der Waals surface area contributed by atoms with Crippen LogP contribution in [0.15, 0.2) is 93.9 Å². The van der Waals surface area contributed by atoms with E-state index in [0.29, 0.717) is 47.4 Å². The third-order valence-corrected chi connectivity index (χ3v) is 7.42. The number of alkyl halides is 1. The van der Waals surface area contributed by atoms with Gasteiger partial charge in [-0.2, -0.15) is 0 Å². The van der Waals surface area contributed by atoms with Crippen LogP contribution in [0.3, 0.4) is 0 Å². The standard InChI is InChI=1S/C16H16BrClO3.C13H10BrClO2.C3H7ClO.H2/c1-2-19-11-20-10-12-9-15(7-8-16(12)17)21-14-5-3-13(18)4-6-14;14-13-6-5-12(7-9(13)8-16)17-11-3-1-10(15)2-4-11;1-2-5-3-4;/h3-9H,2,10-11H2,1H3;1-7,16H,8H2;2-3H2,1H3;1H. The number of halogens is 5. The highest BCUT2D eigenvalue weighted by molar-refractivity contribution is 9.10. The van der Waals surface area contributed by atoms with E-state index in [-0.39, 0.29) is 14.8 Å². The maximum atomic E-state index is 9.14. The van der Waals surface area contributed by atoms with Crippen LogP contribution in [-0.4, -0.2) is 31.2 Å². The summed E-state index contributed by atoms with van der Waals surface area (Å²) in [4.78, 5) is 0. The summed E-state index contributed by atoms with van der Waals surface area (Å²) in [5.41, 5.74) is 1.79. The minimum absolute atomic E-state index is 0. The van der Waals surface area contributed by atoms with Gasteiger partial charge in [0.1, 0.15) is 35.9 Å². The van der Waals surface area contributed by atoms with E-state index in [9.17, 15) is 0 Å². The molecule has 4 aromatic rings. The molecule has 0 aliphatic rings. The van der Waals surface area contributed by atoms with Gasteiger partial charge in [0.2, 0.25) is 0 Å². The average Bonchev–Trinajstić information content (AvgIpc) is 3.01. The molecule has 0 spiro atoms. The Hall–Kier alpha value is -1.85. The number of aliphatic hydroxyl groups is 1. The Morgan fingerprint density at radius 1 is 0.628 bits per heavy atom. The van der Waals surface area contributed by atoms with Crippen LogP contribution in [0.25, 0.3) is 0 Å². The van der Waals surface area contributed by atoms with Crippen LogP contribution in [0.4, 0.5) is 0 Å². The molecule has 0 aliphatic carbocycles. The summed E-state index contributed by atoms with van der Waals surface area (Å²) in [6, 6.07) is 25.9. The topological polar surface area (TPSA) is 66.4 Å². The molecule has 0 heterocycles. The summed E-state index contributed by atoms with van der Waals surface area (Å²) in [7, 11) is 0. The van der Waals surface area contributed by atoms with E-state index in [0.717, 1.165) is 31.6 Å². The van der Waals surface area contributed by atoms with Crippen molar-refractivity contribution in [3.63, 3.8) is 0 Å².